The Morgan fingerprint density at radius 2 is 1.83 bits per heavy atom. The van der Waals surface area contributed by atoms with Crippen LogP contribution in [0.5, 0.6) is 0 Å². The summed E-state index contributed by atoms with van der Waals surface area (Å²) in [5.41, 5.74) is 1.82. The third kappa shape index (κ3) is 2.95. The van der Waals surface area contributed by atoms with Gasteiger partial charge in [-0.25, -0.2) is 9.18 Å². The molecule has 0 aromatic heterocycles. The molecule has 2 aromatic carbocycles. The van der Waals surface area contributed by atoms with E-state index in [0.29, 0.717) is 17.7 Å². The van der Waals surface area contributed by atoms with Gasteiger partial charge in [-0.15, -0.1) is 0 Å². The molecule has 0 bridgehead atoms. The second-order valence-corrected chi connectivity index (χ2v) is 5.83. The van der Waals surface area contributed by atoms with Crippen molar-refractivity contribution in [1.29, 1.82) is 0 Å². The quantitative estimate of drug-likeness (QED) is 0.885. The number of carbonyl (C=O) groups is 2. The fraction of sp³-hybridized carbons (Fsp3) is 0.222. The minimum absolute atomic E-state index is 0.200. The van der Waals surface area contributed by atoms with Gasteiger partial charge in [-0.2, -0.15) is 0 Å². The van der Waals surface area contributed by atoms with Crippen molar-refractivity contribution < 1.29 is 19.1 Å². The van der Waals surface area contributed by atoms with E-state index >= 15 is 0 Å². The first-order valence-corrected chi connectivity index (χ1v) is 7.65. The summed E-state index contributed by atoms with van der Waals surface area (Å²) >= 11 is 0. The highest BCUT2D eigenvalue weighted by atomic mass is 19.1. The van der Waals surface area contributed by atoms with Crippen molar-refractivity contribution in [2.75, 3.05) is 4.90 Å². The molecule has 24 heavy (non-hydrogen) atoms. The molecule has 2 N–H and O–H groups in total. The number of amides is 2. The normalized spacial score (nSPS) is 19.5. The fourth-order valence-corrected chi connectivity index (χ4v) is 3.14. The van der Waals surface area contributed by atoms with Crippen LogP contribution < -0.4 is 10.2 Å². The highest BCUT2D eigenvalue weighted by Crippen LogP contribution is 2.37. The summed E-state index contributed by atoms with van der Waals surface area (Å²) in [6.45, 7) is 1.87. The molecular weight excluding hydrogens is 311 g/mol. The summed E-state index contributed by atoms with van der Waals surface area (Å²) < 4.78 is 13.1. The highest BCUT2D eigenvalue weighted by molar-refractivity contribution is 6.07. The summed E-state index contributed by atoms with van der Waals surface area (Å²) in [7, 11) is 0. The number of halogens is 1. The average molecular weight is 328 g/mol. The molecule has 2 atom stereocenters. The Bertz CT molecular complexity index is 776. The molecule has 6 heteroatoms. The van der Waals surface area contributed by atoms with E-state index in [1.54, 1.807) is 17.0 Å². The number of benzene rings is 2. The van der Waals surface area contributed by atoms with Crippen molar-refractivity contribution in [1.82, 2.24) is 5.32 Å². The van der Waals surface area contributed by atoms with E-state index in [0.717, 1.165) is 5.56 Å². The molecule has 2 unspecified atom stereocenters. The van der Waals surface area contributed by atoms with Crippen LogP contribution in [0.25, 0.3) is 0 Å². The third-order valence-electron chi connectivity index (χ3n) is 4.20. The van der Waals surface area contributed by atoms with Gasteiger partial charge in [-0.3, -0.25) is 4.79 Å². The van der Waals surface area contributed by atoms with Crippen molar-refractivity contribution in [3.05, 3.63) is 65.5 Å². The summed E-state index contributed by atoms with van der Waals surface area (Å²) in [4.78, 5) is 25.5. The first kappa shape index (κ1) is 16.0. The van der Waals surface area contributed by atoms with E-state index in [2.05, 4.69) is 5.32 Å². The molecule has 5 nitrogen and oxygen atoms in total. The second kappa shape index (κ2) is 6.31. The minimum atomic E-state index is -1.10. The zero-order chi connectivity index (χ0) is 17.3. The number of para-hydroxylation sites is 1. The third-order valence-corrected chi connectivity index (χ3v) is 4.20. The van der Waals surface area contributed by atoms with Crippen LogP contribution in [-0.2, 0) is 0 Å². The Hall–Kier alpha value is -2.89. The van der Waals surface area contributed by atoms with Gasteiger partial charge in [0.15, 0.2) is 0 Å². The van der Waals surface area contributed by atoms with Gasteiger partial charge in [0.1, 0.15) is 5.82 Å². The van der Waals surface area contributed by atoms with Crippen molar-refractivity contribution in [2.24, 2.45) is 0 Å². The maximum absolute atomic E-state index is 13.1. The Kier molecular flexibility index (Phi) is 4.20. The number of rotatable bonds is 2. The van der Waals surface area contributed by atoms with Crippen LogP contribution in [-0.4, -0.2) is 23.1 Å². The van der Waals surface area contributed by atoms with Crippen LogP contribution >= 0.6 is 0 Å². The lowest BCUT2D eigenvalue weighted by Gasteiger charge is -2.39. The lowest BCUT2D eigenvalue weighted by Crippen LogP contribution is -2.46. The van der Waals surface area contributed by atoms with E-state index in [1.165, 1.54) is 24.3 Å². The molecule has 1 aliphatic heterocycles. The molecule has 3 rings (SSSR count). The van der Waals surface area contributed by atoms with Gasteiger partial charge in [0.05, 0.1) is 6.04 Å². The number of fused-ring (bicyclic) bond motifs is 1. The van der Waals surface area contributed by atoms with E-state index < -0.39 is 11.9 Å². The summed E-state index contributed by atoms with van der Waals surface area (Å²) in [6.07, 6.45) is -0.628. The molecule has 0 fully saturated rings. The molecule has 0 radical (unpaired) electrons. The molecule has 1 aliphatic rings. The fourth-order valence-electron chi connectivity index (χ4n) is 3.14. The van der Waals surface area contributed by atoms with Gasteiger partial charge in [0.2, 0.25) is 0 Å². The maximum atomic E-state index is 13.1. The van der Waals surface area contributed by atoms with E-state index in [-0.39, 0.29) is 18.0 Å². The van der Waals surface area contributed by atoms with Gasteiger partial charge in [0.25, 0.3) is 5.91 Å². The minimum Gasteiger partial charge on any atom is -0.465 e. The number of carbonyl (C=O) groups excluding carboxylic acids is 1. The first-order valence-electron chi connectivity index (χ1n) is 7.65. The largest absolute Gasteiger partial charge is 0.465 e. The molecule has 2 aromatic rings. The number of nitrogens with one attached hydrogen (secondary N) is 1. The lowest BCUT2D eigenvalue weighted by atomic mass is 9.91. The van der Waals surface area contributed by atoms with Gasteiger partial charge in [-0.1, -0.05) is 18.2 Å². The Balaban J connectivity index is 2.00. The lowest BCUT2D eigenvalue weighted by molar-refractivity contribution is 0.0973. The van der Waals surface area contributed by atoms with E-state index in [9.17, 15) is 14.0 Å². The summed E-state index contributed by atoms with van der Waals surface area (Å²) in [5, 5.41) is 11.5. The molecule has 1 heterocycles. The van der Waals surface area contributed by atoms with Crippen LogP contribution in [0.15, 0.2) is 48.5 Å². The predicted molar refractivity (Wildman–Crippen MR) is 87.6 cm³/mol. The summed E-state index contributed by atoms with van der Waals surface area (Å²) in [5.74, 6) is -0.631. The van der Waals surface area contributed by atoms with Gasteiger partial charge in [-0.05, 0) is 49.2 Å². The molecule has 0 aliphatic carbocycles. The number of carboxylic acid groups (broad SMARTS) is 1. The molecule has 0 spiro atoms. The molecule has 124 valence electrons. The summed E-state index contributed by atoms with van der Waals surface area (Å²) in [6, 6.07) is 12.1. The molecule has 2 amide bonds. The van der Waals surface area contributed by atoms with Crippen LogP contribution in [0.2, 0.25) is 0 Å². The molecular formula is C18H17FN2O3. The van der Waals surface area contributed by atoms with E-state index in [1.807, 2.05) is 19.1 Å². The first-order chi connectivity index (χ1) is 11.5. The van der Waals surface area contributed by atoms with Gasteiger partial charge < -0.3 is 15.3 Å². The van der Waals surface area contributed by atoms with Crippen molar-refractivity contribution in [2.45, 2.75) is 25.4 Å². The zero-order valence-corrected chi connectivity index (χ0v) is 13.1. The van der Waals surface area contributed by atoms with Crippen LogP contribution in [0, 0.1) is 5.82 Å². The van der Waals surface area contributed by atoms with Crippen molar-refractivity contribution in [3.8, 4) is 0 Å². The van der Waals surface area contributed by atoms with Crippen LogP contribution in [0.1, 0.15) is 35.3 Å². The van der Waals surface area contributed by atoms with Gasteiger partial charge >= 0.3 is 6.09 Å². The highest BCUT2D eigenvalue weighted by Gasteiger charge is 2.34. The Morgan fingerprint density at radius 3 is 2.50 bits per heavy atom. The van der Waals surface area contributed by atoms with Crippen molar-refractivity contribution in [3.63, 3.8) is 0 Å². The smallest absolute Gasteiger partial charge is 0.405 e. The standard InChI is InChI=1S/C18H17FN2O3/c1-11-10-15(20-18(23)24)14-4-2-3-5-16(14)21(11)17(22)12-6-8-13(19)9-7-12/h2-9,11,15,20H,10H2,1H3,(H,23,24). The predicted octanol–water partition coefficient (Wildman–Crippen LogP) is 3.57. The SMILES string of the molecule is CC1CC(NC(=O)O)c2ccccc2N1C(=O)c1ccc(F)cc1. The number of hydrogen-bond donors (Lipinski definition) is 2. The van der Waals surface area contributed by atoms with Crippen LogP contribution in [0.4, 0.5) is 14.9 Å². The second-order valence-electron chi connectivity index (χ2n) is 5.83. The van der Waals surface area contributed by atoms with Gasteiger partial charge in [0, 0.05) is 17.3 Å². The Labute approximate surface area is 138 Å². The Morgan fingerprint density at radius 1 is 1.17 bits per heavy atom. The zero-order valence-electron chi connectivity index (χ0n) is 13.1. The topological polar surface area (TPSA) is 69.6 Å². The van der Waals surface area contributed by atoms with Crippen LogP contribution in [0.3, 0.4) is 0 Å². The average Bonchev–Trinajstić information content (AvgIpc) is 2.54. The maximum Gasteiger partial charge on any atom is 0.405 e. The number of anilines is 1. The monoisotopic (exact) mass is 328 g/mol. The number of hydrogen-bond acceptors (Lipinski definition) is 2. The number of nitrogens with zero attached hydrogens (tertiary/aromatic N) is 1. The van der Waals surface area contributed by atoms with E-state index in [4.69, 9.17) is 5.11 Å². The van der Waals surface area contributed by atoms with Crippen molar-refractivity contribution >= 4 is 17.7 Å². The molecule has 0 saturated heterocycles. The molecule has 0 saturated carbocycles.